The summed E-state index contributed by atoms with van der Waals surface area (Å²) in [4.78, 5) is 23.0. The minimum atomic E-state index is -1.23. The van der Waals surface area contributed by atoms with Gasteiger partial charge in [0.25, 0.3) is 5.79 Å². The summed E-state index contributed by atoms with van der Waals surface area (Å²) in [5.74, 6) is -0.0441. The zero-order chi connectivity index (χ0) is 31.0. The van der Waals surface area contributed by atoms with Crippen LogP contribution in [0, 0.1) is 12.7 Å². The summed E-state index contributed by atoms with van der Waals surface area (Å²) in [5.41, 5.74) is 4.35. The second-order valence-electron chi connectivity index (χ2n) is 11.8. The van der Waals surface area contributed by atoms with Gasteiger partial charge in [-0.1, -0.05) is 18.2 Å². The number of benzene rings is 2. The van der Waals surface area contributed by atoms with Gasteiger partial charge >= 0.3 is 5.97 Å². The topological polar surface area (TPSA) is 94.6 Å². The third-order valence-corrected chi connectivity index (χ3v) is 8.75. The summed E-state index contributed by atoms with van der Waals surface area (Å²) in [6.07, 6.45) is 8.92. The van der Waals surface area contributed by atoms with Crippen LogP contribution in [0.1, 0.15) is 73.4 Å². The summed E-state index contributed by atoms with van der Waals surface area (Å²) in [5, 5.41) is 9.47. The molecular weight excluding hydrogens is 561 g/mol. The van der Waals surface area contributed by atoms with Gasteiger partial charge in [-0.05, 0) is 82.5 Å². The molecule has 10 heteroatoms. The Labute approximate surface area is 256 Å². The molecule has 0 aliphatic carbocycles. The molecule has 2 aromatic carbocycles. The second-order valence-corrected chi connectivity index (χ2v) is 11.8. The molecule has 4 aromatic rings. The first-order valence-electron chi connectivity index (χ1n) is 15.1. The normalized spacial score (nSPS) is 19.1. The van der Waals surface area contributed by atoms with E-state index in [0.29, 0.717) is 30.2 Å². The highest BCUT2D eigenvalue weighted by atomic mass is 19.1. The first kappa shape index (κ1) is 29.6. The van der Waals surface area contributed by atoms with Crippen LogP contribution in [-0.4, -0.2) is 48.2 Å². The van der Waals surface area contributed by atoms with Gasteiger partial charge in [0.05, 0.1) is 42.6 Å². The number of carboxylic acids is 1. The third kappa shape index (κ3) is 5.74. The molecule has 1 saturated heterocycles. The van der Waals surface area contributed by atoms with Gasteiger partial charge < -0.3 is 23.7 Å². The van der Waals surface area contributed by atoms with Crippen molar-refractivity contribution in [2.45, 2.75) is 71.9 Å². The molecule has 9 nitrogen and oxygen atoms in total. The lowest BCUT2D eigenvalue weighted by molar-refractivity contribution is -0.132. The van der Waals surface area contributed by atoms with Gasteiger partial charge in [0, 0.05) is 30.8 Å². The van der Waals surface area contributed by atoms with Crippen molar-refractivity contribution < 1.29 is 23.8 Å². The molecule has 6 rings (SSSR count). The number of halogens is 1. The number of piperidine rings is 1. The molecule has 0 radical (unpaired) electrons. The van der Waals surface area contributed by atoms with Crippen molar-refractivity contribution in [1.82, 2.24) is 24.0 Å². The summed E-state index contributed by atoms with van der Waals surface area (Å²) in [6, 6.07) is 11.1. The summed E-state index contributed by atoms with van der Waals surface area (Å²) >= 11 is 0. The summed E-state index contributed by atoms with van der Waals surface area (Å²) in [7, 11) is 0. The number of aliphatic carboxylic acids is 1. The van der Waals surface area contributed by atoms with Crippen molar-refractivity contribution >= 4 is 12.0 Å². The highest BCUT2D eigenvalue weighted by Gasteiger charge is 2.42. The van der Waals surface area contributed by atoms with Crippen LogP contribution in [0.25, 0.3) is 6.08 Å². The van der Waals surface area contributed by atoms with E-state index in [1.165, 1.54) is 6.07 Å². The number of aromatic nitrogens is 4. The molecule has 4 heterocycles. The average Bonchev–Trinajstić information content (AvgIpc) is 3.70. The van der Waals surface area contributed by atoms with Crippen molar-refractivity contribution in [3.05, 3.63) is 100 Å². The molecule has 0 bridgehead atoms. The quantitative estimate of drug-likeness (QED) is 0.232. The molecular formula is C34H38FN5O4. The molecule has 1 atom stereocenters. The number of para-hydroxylation sites is 1. The van der Waals surface area contributed by atoms with Crippen molar-refractivity contribution in [1.29, 1.82) is 0 Å². The van der Waals surface area contributed by atoms with E-state index < -0.39 is 11.8 Å². The Hall–Kier alpha value is -4.44. The third-order valence-electron chi connectivity index (χ3n) is 8.75. The van der Waals surface area contributed by atoms with Gasteiger partial charge in [-0.25, -0.2) is 19.2 Å². The average molecular weight is 600 g/mol. The van der Waals surface area contributed by atoms with Crippen LogP contribution < -0.4 is 9.47 Å². The molecule has 0 saturated carbocycles. The number of aryl methyl sites for hydroxylation is 2. The van der Waals surface area contributed by atoms with Crippen LogP contribution in [0.5, 0.6) is 11.5 Å². The molecule has 1 unspecified atom stereocenters. The number of fused-ring (bicyclic) bond motifs is 1. The molecule has 2 aliphatic heterocycles. The Morgan fingerprint density at radius 3 is 2.68 bits per heavy atom. The number of ether oxygens (including phenoxy) is 2. The van der Waals surface area contributed by atoms with E-state index in [0.717, 1.165) is 60.8 Å². The molecule has 0 spiro atoms. The minimum Gasteiger partial charge on any atom is -0.478 e. The monoisotopic (exact) mass is 599 g/mol. The lowest BCUT2D eigenvalue weighted by Crippen LogP contribution is -2.34. The molecule has 44 heavy (non-hydrogen) atoms. The van der Waals surface area contributed by atoms with Gasteiger partial charge in [-0.3, -0.25) is 4.90 Å². The smallest absolute Gasteiger partial charge is 0.331 e. The van der Waals surface area contributed by atoms with Crippen LogP contribution in [0.3, 0.4) is 0 Å². The van der Waals surface area contributed by atoms with Crippen molar-refractivity contribution in [2.24, 2.45) is 0 Å². The zero-order valence-corrected chi connectivity index (χ0v) is 25.6. The van der Waals surface area contributed by atoms with Gasteiger partial charge in [0.15, 0.2) is 11.5 Å². The van der Waals surface area contributed by atoms with Crippen LogP contribution in [0.4, 0.5) is 4.39 Å². The molecule has 2 aliphatic rings. The largest absolute Gasteiger partial charge is 0.478 e. The van der Waals surface area contributed by atoms with Gasteiger partial charge in [-0.2, -0.15) is 0 Å². The first-order chi connectivity index (χ1) is 21.1. The number of rotatable bonds is 9. The van der Waals surface area contributed by atoms with Gasteiger partial charge in [0.1, 0.15) is 11.6 Å². The number of hydrogen-bond acceptors (Lipinski definition) is 6. The van der Waals surface area contributed by atoms with E-state index in [4.69, 9.17) is 14.5 Å². The summed E-state index contributed by atoms with van der Waals surface area (Å²) in [6.45, 7) is 11.0. The minimum absolute atomic E-state index is 0.255. The Morgan fingerprint density at radius 2 is 1.95 bits per heavy atom. The number of imidazole rings is 2. The van der Waals surface area contributed by atoms with Gasteiger partial charge in [-0.15, -0.1) is 0 Å². The predicted octanol–water partition coefficient (Wildman–Crippen LogP) is 6.11. The molecule has 230 valence electrons. The lowest BCUT2D eigenvalue weighted by atomic mass is 9.88. The Bertz CT molecular complexity index is 1720. The van der Waals surface area contributed by atoms with Crippen LogP contribution in [-0.2, 0) is 30.2 Å². The van der Waals surface area contributed by atoms with E-state index in [-0.39, 0.29) is 17.3 Å². The number of carboxylic acid groups (broad SMARTS) is 1. The van der Waals surface area contributed by atoms with Crippen LogP contribution in [0.15, 0.2) is 60.7 Å². The SMILES string of the molecule is CCn1cncc1Cn1c(/C=C(\C)C(=O)O)cnc1CN1CCC(c2cccc3c2OC(C)(c2ccc(C)cc2F)O3)CC1. The maximum atomic E-state index is 14.9. The Balaban J connectivity index is 1.18. The van der Waals surface area contributed by atoms with Crippen molar-refractivity contribution in [2.75, 3.05) is 13.1 Å². The second kappa shape index (κ2) is 11.9. The van der Waals surface area contributed by atoms with Gasteiger partial charge in [0.2, 0.25) is 0 Å². The van der Waals surface area contributed by atoms with Crippen molar-refractivity contribution in [3.8, 4) is 11.5 Å². The fourth-order valence-corrected chi connectivity index (χ4v) is 6.23. The van der Waals surface area contributed by atoms with E-state index in [9.17, 15) is 14.3 Å². The Kier molecular flexibility index (Phi) is 8.02. The maximum absolute atomic E-state index is 14.9. The fraction of sp³-hybridized carbons (Fsp3) is 0.382. The molecule has 2 aromatic heterocycles. The predicted molar refractivity (Wildman–Crippen MR) is 164 cm³/mol. The van der Waals surface area contributed by atoms with Crippen LogP contribution >= 0.6 is 0 Å². The fourth-order valence-electron chi connectivity index (χ4n) is 6.23. The molecule has 1 N–H and O–H groups in total. The van der Waals surface area contributed by atoms with Crippen LogP contribution in [0.2, 0.25) is 0 Å². The highest BCUT2D eigenvalue weighted by molar-refractivity contribution is 5.91. The Morgan fingerprint density at radius 1 is 1.16 bits per heavy atom. The maximum Gasteiger partial charge on any atom is 0.331 e. The zero-order valence-electron chi connectivity index (χ0n) is 25.6. The number of carbonyl (C=O) groups is 1. The lowest BCUT2D eigenvalue weighted by Gasteiger charge is -2.32. The van der Waals surface area contributed by atoms with Crippen molar-refractivity contribution in [3.63, 3.8) is 0 Å². The van der Waals surface area contributed by atoms with E-state index >= 15 is 0 Å². The standard InChI is InChI=1S/C34H38FN5O4/c1-5-39-21-36-17-26(39)19-40-25(16-23(3)33(41)42)18-37-31(40)20-38-13-11-24(12-14-38)27-7-6-8-30-32(27)44-34(4,43-30)28-10-9-22(2)15-29(28)35/h6-10,15-18,21,24H,5,11-14,19-20H2,1-4H3,(H,41,42)/b23-16+. The number of hydrogen-bond donors (Lipinski definition) is 1. The molecule has 1 fully saturated rings. The highest BCUT2D eigenvalue weighted by Crippen LogP contribution is 2.49. The van der Waals surface area contributed by atoms with E-state index in [1.54, 1.807) is 32.2 Å². The number of likely N-dealkylation sites (tertiary alicyclic amines) is 1. The summed E-state index contributed by atoms with van der Waals surface area (Å²) < 4.78 is 31.7. The number of nitrogens with zero attached hydrogens (tertiary/aromatic N) is 5. The van der Waals surface area contributed by atoms with E-state index in [1.807, 2.05) is 37.6 Å². The first-order valence-corrected chi connectivity index (χ1v) is 15.1. The van der Waals surface area contributed by atoms with E-state index in [2.05, 4.69) is 32.0 Å². The molecule has 0 amide bonds.